The first-order valence-electron chi connectivity index (χ1n) is 3.60. The van der Waals surface area contributed by atoms with E-state index in [9.17, 15) is 9.59 Å². The maximum Gasteiger partial charge on any atom is 0.240 e. The molecule has 0 saturated carbocycles. The molecule has 0 bridgehead atoms. The van der Waals surface area contributed by atoms with Gasteiger partial charge in [0.25, 0.3) is 0 Å². The van der Waals surface area contributed by atoms with Crippen LogP contribution in [0.5, 0.6) is 0 Å². The summed E-state index contributed by atoms with van der Waals surface area (Å²) in [6.07, 6.45) is 0.560. The van der Waals surface area contributed by atoms with Crippen molar-refractivity contribution in [1.29, 1.82) is 0 Å². The first-order chi connectivity index (χ1) is 5.04. The molecule has 4 heteroatoms. The van der Waals surface area contributed by atoms with E-state index in [0.717, 1.165) is 0 Å². The monoisotopic (exact) mass is 156 g/mol. The van der Waals surface area contributed by atoms with Crippen LogP contribution in [-0.4, -0.2) is 29.8 Å². The molecular weight excluding hydrogens is 144 g/mol. The number of primary amides is 1. The molecule has 2 N–H and O–H groups in total. The zero-order valence-corrected chi connectivity index (χ0v) is 6.70. The summed E-state index contributed by atoms with van der Waals surface area (Å²) < 4.78 is 0. The average Bonchev–Trinajstić information content (AvgIpc) is 2.17. The van der Waals surface area contributed by atoms with Crippen molar-refractivity contribution in [2.75, 3.05) is 7.05 Å². The Kier molecular flexibility index (Phi) is 1.85. The Morgan fingerprint density at radius 2 is 2.27 bits per heavy atom. The van der Waals surface area contributed by atoms with Crippen molar-refractivity contribution in [2.45, 2.75) is 19.4 Å². The fourth-order valence-corrected chi connectivity index (χ4v) is 1.40. The maximum absolute atomic E-state index is 11.1. The lowest BCUT2D eigenvalue weighted by molar-refractivity contribution is -0.134. The molecule has 0 aromatic rings. The molecule has 62 valence electrons. The lowest BCUT2D eigenvalue weighted by Gasteiger charge is -2.15. The summed E-state index contributed by atoms with van der Waals surface area (Å²) >= 11 is 0. The second kappa shape index (κ2) is 2.53. The Morgan fingerprint density at radius 1 is 1.73 bits per heavy atom. The predicted molar refractivity (Wildman–Crippen MR) is 39.5 cm³/mol. The third-order valence-corrected chi connectivity index (χ3v) is 2.14. The van der Waals surface area contributed by atoms with Gasteiger partial charge in [0.1, 0.15) is 6.04 Å². The van der Waals surface area contributed by atoms with Crippen molar-refractivity contribution in [2.24, 2.45) is 11.7 Å². The van der Waals surface area contributed by atoms with E-state index in [2.05, 4.69) is 0 Å². The number of likely N-dealkylation sites (N-methyl/N-ethyl adjacent to an activating group) is 1. The minimum Gasteiger partial charge on any atom is -0.368 e. The van der Waals surface area contributed by atoms with Crippen LogP contribution in [0.25, 0.3) is 0 Å². The van der Waals surface area contributed by atoms with Crippen LogP contribution in [0, 0.1) is 5.92 Å². The van der Waals surface area contributed by atoms with Gasteiger partial charge in [0.2, 0.25) is 11.8 Å². The molecule has 1 aliphatic rings. The molecule has 1 fully saturated rings. The SMILES string of the molecule is CC1C[C@@H](C(N)=O)N(C)C1=O. The van der Waals surface area contributed by atoms with Crippen LogP contribution < -0.4 is 5.73 Å². The van der Waals surface area contributed by atoms with E-state index in [1.54, 1.807) is 7.05 Å². The number of hydrogen-bond donors (Lipinski definition) is 1. The first-order valence-corrected chi connectivity index (χ1v) is 3.60. The van der Waals surface area contributed by atoms with Crippen molar-refractivity contribution in [3.05, 3.63) is 0 Å². The zero-order chi connectivity index (χ0) is 8.59. The van der Waals surface area contributed by atoms with Gasteiger partial charge in [-0.25, -0.2) is 0 Å². The van der Waals surface area contributed by atoms with Gasteiger partial charge in [0, 0.05) is 13.0 Å². The lowest BCUT2D eigenvalue weighted by Crippen LogP contribution is -2.39. The molecule has 1 unspecified atom stereocenters. The molecule has 0 aromatic heterocycles. The van der Waals surface area contributed by atoms with Crippen LogP contribution in [0.1, 0.15) is 13.3 Å². The Balaban J connectivity index is 2.75. The summed E-state index contributed by atoms with van der Waals surface area (Å²) in [4.78, 5) is 23.3. The fraction of sp³-hybridized carbons (Fsp3) is 0.714. The molecule has 1 saturated heterocycles. The molecule has 1 rings (SSSR count). The quantitative estimate of drug-likeness (QED) is 0.547. The molecular formula is C7H12N2O2. The lowest BCUT2D eigenvalue weighted by atomic mass is 10.1. The normalized spacial score (nSPS) is 31.1. The highest BCUT2D eigenvalue weighted by molar-refractivity contribution is 5.90. The highest BCUT2D eigenvalue weighted by Gasteiger charge is 2.37. The Labute approximate surface area is 65.3 Å². The van der Waals surface area contributed by atoms with Gasteiger partial charge < -0.3 is 10.6 Å². The van der Waals surface area contributed by atoms with Crippen LogP contribution in [0.3, 0.4) is 0 Å². The van der Waals surface area contributed by atoms with E-state index in [0.29, 0.717) is 6.42 Å². The third kappa shape index (κ3) is 1.20. The predicted octanol–water partition coefficient (Wildman–Crippen LogP) is -0.662. The summed E-state index contributed by atoms with van der Waals surface area (Å²) in [6, 6.07) is -0.391. The summed E-state index contributed by atoms with van der Waals surface area (Å²) in [5.41, 5.74) is 5.08. The van der Waals surface area contributed by atoms with Gasteiger partial charge in [0.15, 0.2) is 0 Å². The number of amides is 2. The van der Waals surface area contributed by atoms with Crippen molar-refractivity contribution in [3.63, 3.8) is 0 Å². The number of carbonyl (C=O) groups is 2. The van der Waals surface area contributed by atoms with Crippen LogP contribution >= 0.6 is 0 Å². The molecule has 2 amide bonds. The highest BCUT2D eigenvalue weighted by Crippen LogP contribution is 2.21. The van der Waals surface area contributed by atoms with E-state index in [1.165, 1.54) is 4.90 Å². The number of rotatable bonds is 1. The Bertz CT molecular complexity index is 203. The van der Waals surface area contributed by atoms with Gasteiger partial charge in [-0.3, -0.25) is 9.59 Å². The summed E-state index contributed by atoms with van der Waals surface area (Å²) in [7, 11) is 1.61. The van der Waals surface area contributed by atoms with Gasteiger partial charge in [-0.2, -0.15) is 0 Å². The maximum atomic E-state index is 11.1. The third-order valence-electron chi connectivity index (χ3n) is 2.14. The molecule has 0 radical (unpaired) electrons. The molecule has 0 aliphatic carbocycles. The number of carbonyl (C=O) groups excluding carboxylic acids is 2. The van der Waals surface area contributed by atoms with Crippen LogP contribution in [0.15, 0.2) is 0 Å². The number of nitrogens with two attached hydrogens (primary N) is 1. The minimum absolute atomic E-state index is 0.00815. The van der Waals surface area contributed by atoms with Crippen molar-refractivity contribution < 1.29 is 9.59 Å². The van der Waals surface area contributed by atoms with E-state index in [4.69, 9.17) is 5.73 Å². The van der Waals surface area contributed by atoms with Crippen molar-refractivity contribution in [3.8, 4) is 0 Å². The van der Waals surface area contributed by atoms with E-state index in [1.807, 2.05) is 6.92 Å². The van der Waals surface area contributed by atoms with Gasteiger partial charge in [0.05, 0.1) is 0 Å². The van der Waals surface area contributed by atoms with Crippen LogP contribution in [-0.2, 0) is 9.59 Å². The first kappa shape index (κ1) is 8.04. The largest absolute Gasteiger partial charge is 0.368 e. The molecule has 1 heterocycles. The van der Waals surface area contributed by atoms with Crippen LogP contribution in [0.4, 0.5) is 0 Å². The second-order valence-corrected chi connectivity index (χ2v) is 3.00. The molecule has 0 aromatic carbocycles. The van der Waals surface area contributed by atoms with E-state index >= 15 is 0 Å². The highest BCUT2D eigenvalue weighted by atomic mass is 16.2. The van der Waals surface area contributed by atoms with E-state index in [-0.39, 0.29) is 11.8 Å². The molecule has 0 spiro atoms. The zero-order valence-electron chi connectivity index (χ0n) is 6.70. The fourth-order valence-electron chi connectivity index (χ4n) is 1.40. The summed E-state index contributed by atoms with van der Waals surface area (Å²) in [6.45, 7) is 1.81. The molecule has 11 heavy (non-hydrogen) atoms. The Hall–Kier alpha value is -1.06. The molecule has 1 aliphatic heterocycles. The van der Waals surface area contributed by atoms with Crippen LogP contribution in [0.2, 0.25) is 0 Å². The molecule has 2 atom stereocenters. The van der Waals surface area contributed by atoms with Crippen molar-refractivity contribution >= 4 is 11.8 Å². The Morgan fingerprint density at radius 3 is 2.45 bits per heavy atom. The minimum atomic E-state index is -0.412. The van der Waals surface area contributed by atoms with Gasteiger partial charge in [-0.15, -0.1) is 0 Å². The number of likely N-dealkylation sites (tertiary alicyclic amines) is 1. The molecule has 4 nitrogen and oxygen atoms in total. The van der Waals surface area contributed by atoms with Gasteiger partial charge in [-0.05, 0) is 6.42 Å². The topological polar surface area (TPSA) is 63.4 Å². The van der Waals surface area contributed by atoms with E-state index < -0.39 is 11.9 Å². The van der Waals surface area contributed by atoms with Crippen molar-refractivity contribution in [1.82, 2.24) is 4.90 Å². The van der Waals surface area contributed by atoms with Gasteiger partial charge in [-0.1, -0.05) is 6.92 Å². The average molecular weight is 156 g/mol. The standard InChI is InChI=1S/C7H12N2O2/c1-4-3-5(6(8)10)9(2)7(4)11/h4-5H,3H2,1-2H3,(H2,8,10)/t4?,5-/m0/s1. The number of hydrogen-bond acceptors (Lipinski definition) is 2. The smallest absolute Gasteiger partial charge is 0.240 e. The number of nitrogens with zero attached hydrogens (tertiary/aromatic N) is 1. The van der Waals surface area contributed by atoms with Gasteiger partial charge >= 0.3 is 0 Å². The second-order valence-electron chi connectivity index (χ2n) is 3.00. The summed E-state index contributed by atoms with van der Waals surface area (Å²) in [5.74, 6) is -0.462. The summed E-state index contributed by atoms with van der Waals surface area (Å²) in [5, 5.41) is 0.